The number of hydrogen-bond donors (Lipinski definition) is 2. The Bertz CT molecular complexity index is 644. The number of nitrogen functional groups attached to an aromatic ring is 1. The van der Waals surface area contributed by atoms with Crippen molar-refractivity contribution in [2.75, 3.05) is 5.73 Å². The van der Waals surface area contributed by atoms with E-state index in [9.17, 15) is 4.79 Å². The smallest absolute Gasteiger partial charge is 0.337 e. The topological polar surface area (TPSA) is 72.5 Å². The van der Waals surface area contributed by atoms with E-state index in [1.54, 1.807) is 12.1 Å². The summed E-state index contributed by atoms with van der Waals surface area (Å²) in [6, 6.07) is 9.95. The molecule has 6 heteroatoms. The quantitative estimate of drug-likeness (QED) is 0.772. The van der Waals surface area contributed by atoms with Crippen LogP contribution in [0.2, 0.25) is 0 Å². The number of aromatic carboxylic acids is 1. The molecule has 0 fully saturated rings. The lowest BCUT2D eigenvalue weighted by Gasteiger charge is -2.09. The van der Waals surface area contributed by atoms with Gasteiger partial charge in [0.05, 0.1) is 10.0 Å². The van der Waals surface area contributed by atoms with Gasteiger partial charge in [-0.1, -0.05) is 15.9 Å². The van der Waals surface area contributed by atoms with Crippen molar-refractivity contribution < 1.29 is 14.6 Å². The second-order valence-electron chi connectivity index (χ2n) is 3.73. The average Bonchev–Trinajstić information content (AvgIpc) is 2.32. The van der Waals surface area contributed by atoms with Gasteiger partial charge in [-0.2, -0.15) is 0 Å². The maximum absolute atomic E-state index is 10.8. The summed E-state index contributed by atoms with van der Waals surface area (Å²) >= 11 is 6.73. The van der Waals surface area contributed by atoms with E-state index in [0.29, 0.717) is 11.5 Å². The number of anilines is 1. The molecule has 2 aromatic rings. The highest BCUT2D eigenvalue weighted by molar-refractivity contribution is 9.11. The first kappa shape index (κ1) is 13.9. The van der Waals surface area contributed by atoms with Gasteiger partial charge in [0.15, 0.2) is 0 Å². The lowest BCUT2D eigenvalue weighted by atomic mass is 10.2. The Morgan fingerprint density at radius 2 is 1.89 bits per heavy atom. The molecule has 0 unspecified atom stereocenters. The van der Waals surface area contributed by atoms with E-state index < -0.39 is 5.97 Å². The zero-order chi connectivity index (χ0) is 14.0. The molecule has 0 spiro atoms. The molecular weight excluding hydrogens is 378 g/mol. The lowest BCUT2D eigenvalue weighted by Crippen LogP contribution is -2.02. The Hall–Kier alpha value is -1.53. The van der Waals surface area contributed by atoms with Crippen LogP contribution in [0.25, 0.3) is 0 Å². The van der Waals surface area contributed by atoms with Crippen LogP contribution in [0.5, 0.6) is 11.5 Å². The van der Waals surface area contributed by atoms with Crippen molar-refractivity contribution in [3.63, 3.8) is 0 Å². The van der Waals surface area contributed by atoms with Gasteiger partial charge < -0.3 is 15.6 Å². The molecule has 0 aliphatic carbocycles. The van der Waals surface area contributed by atoms with Gasteiger partial charge >= 0.3 is 5.97 Å². The summed E-state index contributed by atoms with van der Waals surface area (Å²) in [5.74, 6) is 0.0325. The van der Waals surface area contributed by atoms with E-state index in [2.05, 4.69) is 31.9 Å². The number of carboxylic acid groups (broad SMARTS) is 1. The summed E-state index contributed by atoms with van der Waals surface area (Å²) in [6.45, 7) is 0. The molecule has 0 radical (unpaired) electrons. The van der Waals surface area contributed by atoms with Crippen molar-refractivity contribution in [3.8, 4) is 11.5 Å². The molecule has 0 bridgehead atoms. The van der Waals surface area contributed by atoms with Crippen LogP contribution in [0, 0.1) is 0 Å². The number of carboxylic acids is 1. The SMILES string of the molecule is Nc1cc(Oc2ccc(Br)cc2Br)ccc1C(=O)O. The van der Waals surface area contributed by atoms with Crippen LogP contribution >= 0.6 is 31.9 Å². The third-order valence-electron chi connectivity index (χ3n) is 2.38. The van der Waals surface area contributed by atoms with E-state index in [0.717, 1.165) is 8.95 Å². The van der Waals surface area contributed by atoms with Crippen molar-refractivity contribution in [1.29, 1.82) is 0 Å². The van der Waals surface area contributed by atoms with Gasteiger partial charge in [0.25, 0.3) is 0 Å². The third kappa shape index (κ3) is 3.27. The molecule has 0 saturated carbocycles. The molecule has 98 valence electrons. The minimum absolute atomic E-state index is 0.0576. The zero-order valence-electron chi connectivity index (χ0n) is 9.56. The van der Waals surface area contributed by atoms with Crippen LogP contribution < -0.4 is 10.5 Å². The molecule has 0 heterocycles. The number of ether oxygens (including phenoxy) is 1. The molecule has 0 amide bonds. The van der Waals surface area contributed by atoms with Crippen molar-refractivity contribution >= 4 is 43.5 Å². The fourth-order valence-corrected chi connectivity index (χ4v) is 2.61. The molecule has 2 rings (SSSR count). The van der Waals surface area contributed by atoms with E-state index in [4.69, 9.17) is 15.6 Å². The van der Waals surface area contributed by atoms with Crippen LogP contribution in [0.3, 0.4) is 0 Å². The molecular formula is C13H9Br2NO3. The first-order valence-electron chi connectivity index (χ1n) is 5.23. The highest BCUT2D eigenvalue weighted by Crippen LogP contribution is 2.33. The predicted octanol–water partition coefficient (Wildman–Crippen LogP) is 4.28. The van der Waals surface area contributed by atoms with Crippen LogP contribution in [-0.4, -0.2) is 11.1 Å². The van der Waals surface area contributed by atoms with Crippen LogP contribution in [0.1, 0.15) is 10.4 Å². The van der Waals surface area contributed by atoms with Crippen molar-refractivity contribution in [1.82, 2.24) is 0 Å². The third-order valence-corrected chi connectivity index (χ3v) is 3.49. The number of benzene rings is 2. The highest BCUT2D eigenvalue weighted by Gasteiger charge is 2.10. The number of rotatable bonds is 3. The Morgan fingerprint density at radius 1 is 1.16 bits per heavy atom. The molecule has 0 saturated heterocycles. The predicted molar refractivity (Wildman–Crippen MR) is 79.7 cm³/mol. The van der Waals surface area contributed by atoms with Crippen LogP contribution in [-0.2, 0) is 0 Å². The van der Waals surface area contributed by atoms with Gasteiger partial charge in [-0.25, -0.2) is 4.79 Å². The summed E-state index contributed by atoms with van der Waals surface area (Å²) in [6.07, 6.45) is 0. The summed E-state index contributed by atoms with van der Waals surface area (Å²) in [5.41, 5.74) is 5.88. The molecule has 2 aromatic carbocycles. The molecule has 0 atom stereocenters. The first-order chi connectivity index (χ1) is 8.97. The van der Waals surface area contributed by atoms with Crippen molar-refractivity contribution in [3.05, 3.63) is 50.9 Å². The fraction of sp³-hybridized carbons (Fsp3) is 0. The van der Waals surface area contributed by atoms with Gasteiger partial charge in [-0.3, -0.25) is 0 Å². The highest BCUT2D eigenvalue weighted by atomic mass is 79.9. The van der Waals surface area contributed by atoms with E-state index >= 15 is 0 Å². The Labute approximate surface area is 126 Å². The second kappa shape index (κ2) is 5.63. The van der Waals surface area contributed by atoms with Gasteiger partial charge in [-0.15, -0.1) is 0 Å². The molecule has 19 heavy (non-hydrogen) atoms. The van der Waals surface area contributed by atoms with Gasteiger partial charge in [0.1, 0.15) is 11.5 Å². The number of hydrogen-bond acceptors (Lipinski definition) is 3. The van der Waals surface area contributed by atoms with Crippen molar-refractivity contribution in [2.45, 2.75) is 0 Å². The largest absolute Gasteiger partial charge is 0.478 e. The van der Waals surface area contributed by atoms with E-state index in [-0.39, 0.29) is 11.3 Å². The lowest BCUT2D eigenvalue weighted by molar-refractivity contribution is 0.0698. The van der Waals surface area contributed by atoms with Gasteiger partial charge in [0, 0.05) is 16.2 Å². The Balaban J connectivity index is 2.29. The standard InChI is InChI=1S/C13H9Br2NO3/c14-7-1-4-12(10(15)5-7)19-8-2-3-9(13(17)18)11(16)6-8/h1-6H,16H2,(H,17,18). The number of halogens is 2. The molecule has 4 nitrogen and oxygen atoms in total. The first-order valence-corrected chi connectivity index (χ1v) is 6.81. The monoisotopic (exact) mass is 385 g/mol. The molecule has 0 aromatic heterocycles. The maximum atomic E-state index is 10.8. The second-order valence-corrected chi connectivity index (χ2v) is 5.50. The minimum Gasteiger partial charge on any atom is -0.478 e. The Kier molecular flexibility index (Phi) is 4.11. The van der Waals surface area contributed by atoms with Crippen LogP contribution in [0.15, 0.2) is 45.3 Å². The summed E-state index contributed by atoms with van der Waals surface area (Å²) in [5, 5.41) is 8.89. The average molecular weight is 387 g/mol. The summed E-state index contributed by atoms with van der Waals surface area (Å²) < 4.78 is 7.34. The zero-order valence-corrected chi connectivity index (χ0v) is 12.7. The molecule has 0 aliphatic rings. The van der Waals surface area contributed by atoms with Gasteiger partial charge in [-0.05, 0) is 46.3 Å². The molecule has 3 N–H and O–H groups in total. The Morgan fingerprint density at radius 3 is 2.47 bits per heavy atom. The normalized spacial score (nSPS) is 10.2. The van der Waals surface area contributed by atoms with E-state index in [1.165, 1.54) is 12.1 Å². The number of nitrogens with two attached hydrogens (primary N) is 1. The fourth-order valence-electron chi connectivity index (χ4n) is 1.48. The summed E-state index contributed by atoms with van der Waals surface area (Å²) in [4.78, 5) is 10.8. The van der Waals surface area contributed by atoms with Crippen molar-refractivity contribution in [2.24, 2.45) is 0 Å². The minimum atomic E-state index is -1.06. The molecule has 0 aliphatic heterocycles. The van der Waals surface area contributed by atoms with Gasteiger partial charge in [0.2, 0.25) is 0 Å². The van der Waals surface area contributed by atoms with E-state index in [1.807, 2.05) is 12.1 Å². The van der Waals surface area contributed by atoms with Crippen LogP contribution in [0.4, 0.5) is 5.69 Å². The number of carbonyl (C=O) groups is 1. The summed E-state index contributed by atoms with van der Waals surface area (Å²) in [7, 11) is 0. The maximum Gasteiger partial charge on any atom is 0.337 e.